The zero-order valence-corrected chi connectivity index (χ0v) is 10.00. The van der Waals surface area contributed by atoms with E-state index in [1.54, 1.807) is 6.08 Å². The van der Waals surface area contributed by atoms with E-state index in [9.17, 15) is 9.59 Å². The predicted molar refractivity (Wildman–Crippen MR) is 63.2 cm³/mol. The minimum atomic E-state index is 0.166. The first-order valence-corrected chi connectivity index (χ1v) is 6.43. The van der Waals surface area contributed by atoms with Gasteiger partial charge in [-0.2, -0.15) is 0 Å². The first-order valence-electron chi connectivity index (χ1n) is 6.43. The van der Waals surface area contributed by atoms with E-state index < -0.39 is 0 Å². The summed E-state index contributed by atoms with van der Waals surface area (Å²) in [4.78, 5) is 25.2. The number of rotatable bonds is 1. The summed E-state index contributed by atoms with van der Waals surface area (Å²) in [5, 5.41) is 3.34. The number of carbonyl (C=O) groups is 2. The Bertz CT molecular complexity index is 394. The summed E-state index contributed by atoms with van der Waals surface area (Å²) in [6.45, 7) is 2.85. The molecule has 3 rings (SSSR count). The summed E-state index contributed by atoms with van der Waals surface area (Å²) < 4.78 is 0. The van der Waals surface area contributed by atoms with Crippen molar-refractivity contribution in [2.45, 2.75) is 32.1 Å². The van der Waals surface area contributed by atoms with E-state index in [1.165, 1.54) is 0 Å². The molecule has 0 aromatic rings. The number of hydrogen-bond acceptors (Lipinski definition) is 3. The summed E-state index contributed by atoms with van der Waals surface area (Å²) in [5.41, 5.74) is 1.13. The largest absolute Gasteiger partial charge is 0.317 e. The molecule has 3 aliphatic rings. The van der Waals surface area contributed by atoms with Gasteiger partial charge in [0.05, 0.1) is 0 Å². The van der Waals surface area contributed by atoms with Crippen molar-refractivity contribution >= 4 is 11.7 Å². The molecular weight excluding hydrogens is 216 g/mol. The maximum Gasteiger partial charge on any atom is 0.227 e. The molecule has 1 aliphatic carbocycles. The maximum atomic E-state index is 12.1. The summed E-state index contributed by atoms with van der Waals surface area (Å²) in [7, 11) is 0. The molecule has 0 saturated carbocycles. The molecule has 2 saturated heterocycles. The van der Waals surface area contributed by atoms with Crippen molar-refractivity contribution in [3.63, 3.8) is 0 Å². The topological polar surface area (TPSA) is 49.4 Å². The molecule has 0 bridgehead atoms. The van der Waals surface area contributed by atoms with Crippen LogP contribution in [0.2, 0.25) is 0 Å². The molecule has 1 amide bonds. The lowest BCUT2D eigenvalue weighted by Gasteiger charge is -2.33. The molecule has 0 aromatic carbocycles. The number of ketones is 1. The molecule has 2 heterocycles. The van der Waals surface area contributed by atoms with Crippen molar-refractivity contribution in [1.29, 1.82) is 0 Å². The molecule has 0 radical (unpaired) electrons. The molecular formula is C13H18N2O2. The van der Waals surface area contributed by atoms with E-state index in [0.717, 1.165) is 44.6 Å². The van der Waals surface area contributed by atoms with Crippen LogP contribution in [0.25, 0.3) is 0 Å². The Labute approximate surface area is 101 Å². The van der Waals surface area contributed by atoms with E-state index in [0.29, 0.717) is 12.8 Å². The Kier molecular flexibility index (Phi) is 2.54. The first-order chi connectivity index (χ1) is 8.19. The highest BCUT2D eigenvalue weighted by molar-refractivity contribution is 5.94. The van der Waals surface area contributed by atoms with Crippen molar-refractivity contribution in [3.8, 4) is 0 Å². The van der Waals surface area contributed by atoms with E-state index in [4.69, 9.17) is 0 Å². The molecule has 17 heavy (non-hydrogen) atoms. The van der Waals surface area contributed by atoms with Gasteiger partial charge < -0.3 is 10.2 Å². The van der Waals surface area contributed by atoms with Crippen molar-refractivity contribution in [2.75, 3.05) is 19.6 Å². The standard InChI is InChI=1S/C13H18N2O2/c16-11-2-1-10(7-11)15-9-13(8-12(15)17)3-5-14-6-4-13/h7,14H,1-6,8-9H2. The molecule has 4 heteroatoms. The number of hydrogen-bond donors (Lipinski definition) is 1. The number of nitrogens with zero attached hydrogens (tertiary/aromatic N) is 1. The lowest BCUT2D eigenvalue weighted by atomic mass is 9.78. The highest BCUT2D eigenvalue weighted by atomic mass is 16.2. The van der Waals surface area contributed by atoms with Gasteiger partial charge in [-0.3, -0.25) is 9.59 Å². The zero-order valence-electron chi connectivity index (χ0n) is 10.00. The number of piperidine rings is 1. The molecule has 2 aliphatic heterocycles. The van der Waals surface area contributed by atoms with Crippen LogP contribution in [0, 0.1) is 5.41 Å². The van der Waals surface area contributed by atoms with Gasteiger partial charge in [-0.05, 0) is 37.8 Å². The van der Waals surface area contributed by atoms with Gasteiger partial charge in [0.15, 0.2) is 5.78 Å². The average Bonchev–Trinajstić information content (AvgIpc) is 2.85. The maximum absolute atomic E-state index is 12.1. The lowest BCUT2D eigenvalue weighted by Crippen LogP contribution is -2.38. The summed E-state index contributed by atoms with van der Waals surface area (Å²) in [6, 6.07) is 0. The number of carbonyl (C=O) groups excluding carboxylic acids is 2. The lowest BCUT2D eigenvalue weighted by molar-refractivity contribution is -0.126. The fraction of sp³-hybridized carbons (Fsp3) is 0.692. The quantitative estimate of drug-likeness (QED) is 0.731. The molecule has 92 valence electrons. The molecule has 0 unspecified atom stereocenters. The van der Waals surface area contributed by atoms with Gasteiger partial charge in [0.1, 0.15) is 0 Å². The van der Waals surface area contributed by atoms with E-state index in [2.05, 4.69) is 5.32 Å². The van der Waals surface area contributed by atoms with Crippen LogP contribution in [0.15, 0.2) is 11.8 Å². The third-order valence-corrected chi connectivity index (χ3v) is 4.29. The van der Waals surface area contributed by atoms with E-state index in [-0.39, 0.29) is 17.1 Å². The van der Waals surface area contributed by atoms with Crippen LogP contribution in [0.1, 0.15) is 32.1 Å². The summed E-state index contributed by atoms with van der Waals surface area (Å²) >= 11 is 0. The minimum Gasteiger partial charge on any atom is -0.317 e. The Morgan fingerprint density at radius 2 is 1.94 bits per heavy atom. The van der Waals surface area contributed by atoms with Crippen molar-refractivity contribution < 1.29 is 9.59 Å². The van der Waals surface area contributed by atoms with Crippen LogP contribution < -0.4 is 5.32 Å². The molecule has 1 N–H and O–H groups in total. The Hall–Kier alpha value is -1.16. The van der Waals surface area contributed by atoms with Crippen LogP contribution >= 0.6 is 0 Å². The molecule has 4 nitrogen and oxygen atoms in total. The number of allylic oxidation sites excluding steroid dienone is 2. The van der Waals surface area contributed by atoms with Gasteiger partial charge in [0.2, 0.25) is 5.91 Å². The summed E-state index contributed by atoms with van der Waals surface area (Å²) in [5.74, 6) is 0.381. The average molecular weight is 234 g/mol. The highest BCUT2D eigenvalue weighted by Crippen LogP contribution is 2.41. The van der Waals surface area contributed by atoms with Gasteiger partial charge in [-0.15, -0.1) is 0 Å². The SMILES string of the molecule is O=C1C=C(N2CC3(CCNCC3)CC2=O)CC1. The Morgan fingerprint density at radius 1 is 1.18 bits per heavy atom. The van der Waals surface area contributed by atoms with Crippen LogP contribution in [0.3, 0.4) is 0 Å². The third kappa shape index (κ3) is 1.90. The van der Waals surface area contributed by atoms with Crippen LogP contribution in [0.5, 0.6) is 0 Å². The fourth-order valence-electron chi connectivity index (χ4n) is 3.24. The van der Waals surface area contributed by atoms with Crippen LogP contribution in [-0.2, 0) is 9.59 Å². The molecule has 0 atom stereocenters. The van der Waals surface area contributed by atoms with Gasteiger partial charge in [0.25, 0.3) is 0 Å². The summed E-state index contributed by atoms with van der Waals surface area (Å²) in [6.07, 6.45) is 5.82. The van der Waals surface area contributed by atoms with Crippen LogP contribution in [0.4, 0.5) is 0 Å². The number of amides is 1. The second-order valence-corrected chi connectivity index (χ2v) is 5.51. The zero-order chi connectivity index (χ0) is 11.9. The Balaban J connectivity index is 1.77. The van der Waals surface area contributed by atoms with E-state index >= 15 is 0 Å². The molecule has 1 spiro atoms. The van der Waals surface area contributed by atoms with Crippen molar-refractivity contribution in [1.82, 2.24) is 10.2 Å². The smallest absolute Gasteiger partial charge is 0.227 e. The second kappa shape index (κ2) is 3.95. The third-order valence-electron chi connectivity index (χ3n) is 4.29. The highest BCUT2D eigenvalue weighted by Gasteiger charge is 2.44. The van der Waals surface area contributed by atoms with Crippen molar-refractivity contribution in [2.24, 2.45) is 5.41 Å². The van der Waals surface area contributed by atoms with Gasteiger partial charge in [-0.25, -0.2) is 0 Å². The van der Waals surface area contributed by atoms with Gasteiger partial charge in [-0.1, -0.05) is 0 Å². The van der Waals surface area contributed by atoms with Crippen LogP contribution in [-0.4, -0.2) is 36.2 Å². The minimum absolute atomic E-state index is 0.166. The number of likely N-dealkylation sites (tertiary alicyclic amines) is 1. The second-order valence-electron chi connectivity index (χ2n) is 5.51. The monoisotopic (exact) mass is 234 g/mol. The normalized spacial score (nSPS) is 28.0. The van der Waals surface area contributed by atoms with E-state index in [1.807, 2.05) is 4.90 Å². The van der Waals surface area contributed by atoms with Gasteiger partial charge in [0, 0.05) is 31.2 Å². The number of nitrogens with one attached hydrogen (secondary N) is 1. The fourth-order valence-corrected chi connectivity index (χ4v) is 3.24. The predicted octanol–water partition coefficient (Wildman–Crippen LogP) is 0.835. The first kappa shape index (κ1) is 11.0. The van der Waals surface area contributed by atoms with Crippen molar-refractivity contribution in [3.05, 3.63) is 11.8 Å². The Morgan fingerprint density at radius 3 is 2.59 bits per heavy atom. The van der Waals surface area contributed by atoms with Gasteiger partial charge >= 0.3 is 0 Å². The molecule has 0 aromatic heterocycles. The molecule has 2 fully saturated rings.